The monoisotopic (exact) mass is 468 g/mol. The first-order valence-corrected chi connectivity index (χ1v) is 11.4. The van der Waals surface area contributed by atoms with Crippen LogP contribution in [0.4, 0.5) is 18.7 Å². The molecule has 2 aliphatic rings. The van der Waals surface area contributed by atoms with Crippen LogP contribution in [0.3, 0.4) is 0 Å². The maximum absolute atomic E-state index is 13.2. The molecule has 0 aliphatic carbocycles. The Hall–Kier alpha value is -2.33. The molecule has 3 rings (SSSR count). The number of anilines is 1. The Labute approximate surface area is 191 Å². The van der Waals surface area contributed by atoms with Crippen LogP contribution in [0.1, 0.15) is 49.6 Å². The van der Waals surface area contributed by atoms with Crippen molar-refractivity contribution in [2.75, 3.05) is 38.7 Å². The highest BCUT2D eigenvalue weighted by Gasteiger charge is 2.41. The topological polar surface area (TPSA) is 87.5 Å². The summed E-state index contributed by atoms with van der Waals surface area (Å²) < 4.78 is 37.0. The van der Waals surface area contributed by atoms with Gasteiger partial charge in [-0.1, -0.05) is 24.5 Å². The van der Waals surface area contributed by atoms with Crippen LogP contribution in [-0.2, 0) is 9.47 Å². The van der Waals surface area contributed by atoms with Gasteiger partial charge in [0.25, 0.3) is 0 Å². The Morgan fingerprint density at radius 1 is 1.38 bits per heavy atom. The van der Waals surface area contributed by atoms with Gasteiger partial charge in [0, 0.05) is 32.7 Å². The molecule has 1 aromatic heterocycles. The summed E-state index contributed by atoms with van der Waals surface area (Å²) in [5.74, 6) is -3.01. The zero-order chi connectivity index (χ0) is 23.5. The van der Waals surface area contributed by atoms with E-state index >= 15 is 0 Å². The predicted octanol–water partition coefficient (Wildman–Crippen LogP) is 5.15. The molecule has 1 spiro atoms. The summed E-state index contributed by atoms with van der Waals surface area (Å²) in [5, 5.41) is 11.2. The molecule has 2 amide bonds. The number of nitrogens with one attached hydrogen (secondary N) is 2. The van der Waals surface area contributed by atoms with Crippen LogP contribution in [0.15, 0.2) is 18.7 Å². The Morgan fingerprint density at radius 3 is 2.69 bits per heavy atom. The van der Waals surface area contributed by atoms with Gasteiger partial charge in [-0.2, -0.15) is 0 Å². The van der Waals surface area contributed by atoms with Gasteiger partial charge >= 0.3 is 6.03 Å². The van der Waals surface area contributed by atoms with Crippen molar-refractivity contribution < 1.29 is 23.0 Å². The van der Waals surface area contributed by atoms with Crippen LogP contribution >= 0.6 is 11.3 Å². The molecular formula is C22H30F2N4O3S. The Morgan fingerprint density at radius 2 is 2.06 bits per heavy atom. The second kappa shape index (κ2) is 9.66. The van der Waals surface area contributed by atoms with Crippen molar-refractivity contribution in [3.05, 3.63) is 29.3 Å². The molecule has 3 heterocycles. The van der Waals surface area contributed by atoms with Crippen LogP contribution in [0, 0.1) is 10.8 Å². The van der Waals surface area contributed by atoms with Crippen molar-refractivity contribution in [2.24, 2.45) is 5.41 Å². The number of ether oxygens (including phenoxy) is 2. The molecule has 7 nitrogen and oxygen atoms in total. The van der Waals surface area contributed by atoms with Crippen molar-refractivity contribution in [1.29, 1.82) is 5.41 Å². The third kappa shape index (κ3) is 5.72. The number of alkyl halides is 2. The smallest absolute Gasteiger partial charge is 0.323 e. The average Bonchev–Trinajstić information content (AvgIpc) is 3.35. The van der Waals surface area contributed by atoms with E-state index in [1.807, 2.05) is 0 Å². The number of rotatable bonds is 7. The fourth-order valence-electron chi connectivity index (χ4n) is 4.00. The van der Waals surface area contributed by atoms with Crippen LogP contribution in [-0.4, -0.2) is 61.1 Å². The van der Waals surface area contributed by atoms with Gasteiger partial charge in [-0.25, -0.2) is 18.6 Å². The number of amides is 2. The van der Waals surface area contributed by atoms with E-state index in [-0.39, 0.29) is 35.9 Å². The minimum Gasteiger partial charge on any atom is -0.480 e. The van der Waals surface area contributed by atoms with Crippen molar-refractivity contribution in [3.63, 3.8) is 0 Å². The summed E-state index contributed by atoms with van der Waals surface area (Å²) in [6.07, 6.45) is 2.55. The van der Waals surface area contributed by atoms with Gasteiger partial charge in [0.05, 0.1) is 12.0 Å². The van der Waals surface area contributed by atoms with E-state index in [1.54, 1.807) is 4.90 Å². The van der Waals surface area contributed by atoms with E-state index in [2.05, 4.69) is 23.5 Å². The normalized spacial score (nSPS) is 17.9. The zero-order valence-corrected chi connectivity index (χ0v) is 19.4. The van der Waals surface area contributed by atoms with Gasteiger partial charge in [-0.05, 0) is 49.2 Å². The summed E-state index contributed by atoms with van der Waals surface area (Å²) in [4.78, 5) is 19.5. The maximum Gasteiger partial charge on any atom is 0.323 e. The summed E-state index contributed by atoms with van der Waals surface area (Å²) in [6, 6.07) is -0.251. The quantitative estimate of drug-likeness (QED) is 0.329. The second-order valence-electron chi connectivity index (χ2n) is 8.60. The molecule has 0 aromatic carbocycles. The van der Waals surface area contributed by atoms with Gasteiger partial charge in [-0.15, -0.1) is 0 Å². The van der Waals surface area contributed by atoms with E-state index in [1.165, 1.54) is 7.11 Å². The fourth-order valence-corrected chi connectivity index (χ4v) is 4.97. The van der Waals surface area contributed by atoms with E-state index in [4.69, 9.17) is 14.9 Å². The number of nitrogens with zero attached hydrogens (tertiary/aromatic N) is 2. The summed E-state index contributed by atoms with van der Waals surface area (Å²) >= 11 is 1.13. The van der Waals surface area contributed by atoms with Crippen molar-refractivity contribution in [3.8, 4) is 0 Å². The highest BCUT2D eigenvalue weighted by atomic mass is 32.1. The molecule has 0 atom stereocenters. The molecule has 1 aromatic rings. The highest BCUT2D eigenvalue weighted by Crippen LogP contribution is 2.40. The second-order valence-corrected chi connectivity index (χ2v) is 9.60. The van der Waals surface area contributed by atoms with Crippen molar-refractivity contribution in [2.45, 2.75) is 45.0 Å². The lowest BCUT2D eigenvalue weighted by molar-refractivity contribution is 0.0136. The number of aromatic nitrogens is 1. The minimum atomic E-state index is -2.81. The molecule has 2 saturated heterocycles. The Bertz CT molecular complexity index is 903. The number of thiazole rings is 1. The first kappa shape index (κ1) is 24.3. The molecule has 0 radical (unpaired) electrons. The van der Waals surface area contributed by atoms with Crippen molar-refractivity contribution in [1.82, 2.24) is 9.88 Å². The summed E-state index contributed by atoms with van der Waals surface area (Å²) in [6.45, 7) is 11.5. The molecule has 2 aliphatic heterocycles. The largest absolute Gasteiger partial charge is 0.480 e. The first-order valence-electron chi connectivity index (χ1n) is 10.6. The lowest BCUT2D eigenvalue weighted by atomic mass is 9.80. The molecule has 0 saturated carbocycles. The predicted molar refractivity (Wildman–Crippen MR) is 122 cm³/mol. The van der Waals surface area contributed by atoms with E-state index in [9.17, 15) is 13.6 Å². The Balaban J connectivity index is 1.71. The maximum atomic E-state index is 13.2. The molecule has 0 unspecified atom stereocenters. The SMILES string of the molecule is C=C(CCC(C)(F)F)C(=C)c1sc(NC(=O)N2CCC3(CCOCC3)C2)nc1C(=N)OC. The number of hydrogen-bond donors (Lipinski definition) is 2. The number of methoxy groups -OCH3 is 1. The Kier molecular flexibility index (Phi) is 7.34. The average molecular weight is 469 g/mol. The van der Waals surface area contributed by atoms with Crippen LogP contribution < -0.4 is 5.32 Å². The number of halogens is 2. The summed E-state index contributed by atoms with van der Waals surface area (Å²) in [7, 11) is 1.34. The number of carbonyl (C=O) groups excluding carboxylic acids is 1. The van der Waals surface area contributed by atoms with Gasteiger partial charge in [0.2, 0.25) is 11.8 Å². The molecule has 2 fully saturated rings. The molecule has 176 valence electrons. The van der Waals surface area contributed by atoms with E-state index in [0.29, 0.717) is 34.2 Å². The molecule has 2 N–H and O–H groups in total. The third-order valence-corrected chi connectivity index (χ3v) is 7.14. The minimum absolute atomic E-state index is 0.0568. The molecular weight excluding hydrogens is 438 g/mol. The zero-order valence-electron chi connectivity index (χ0n) is 18.6. The van der Waals surface area contributed by atoms with Gasteiger partial charge in [-0.3, -0.25) is 10.7 Å². The lowest BCUT2D eigenvalue weighted by Gasteiger charge is -2.33. The van der Waals surface area contributed by atoms with E-state index in [0.717, 1.165) is 50.7 Å². The van der Waals surface area contributed by atoms with Crippen molar-refractivity contribution >= 4 is 34.0 Å². The highest BCUT2D eigenvalue weighted by molar-refractivity contribution is 7.17. The van der Waals surface area contributed by atoms with E-state index < -0.39 is 5.92 Å². The van der Waals surface area contributed by atoms with Gasteiger partial charge in [0.1, 0.15) is 5.69 Å². The van der Waals surface area contributed by atoms with Gasteiger partial charge in [0.15, 0.2) is 5.13 Å². The number of likely N-dealkylation sites (tertiary alicyclic amines) is 1. The number of carbonyl (C=O) groups is 1. The van der Waals surface area contributed by atoms with Gasteiger partial charge < -0.3 is 14.4 Å². The number of hydrogen-bond acceptors (Lipinski definition) is 6. The van der Waals surface area contributed by atoms with Crippen LogP contribution in [0.25, 0.3) is 5.57 Å². The molecule has 0 bridgehead atoms. The first-order chi connectivity index (χ1) is 15.0. The number of urea groups is 1. The summed E-state index contributed by atoms with van der Waals surface area (Å²) in [5.41, 5.74) is 1.16. The standard InChI is InChI=1S/C22H30F2N4O3S/c1-14(5-6-21(3,23)24)15(2)17-16(18(25)30-4)26-19(32-17)27-20(29)28-10-7-22(13-28)8-11-31-12-9-22/h25H,1-2,5-13H2,3-4H3,(H,26,27,29). The van der Waals surface area contributed by atoms with Crippen LogP contribution in [0.2, 0.25) is 0 Å². The number of allylic oxidation sites excluding steroid dienone is 2. The fraction of sp³-hybridized carbons (Fsp3) is 0.591. The molecule has 10 heteroatoms. The molecule has 32 heavy (non-hydrogen) atoms. The third-order valence-electron chi connectivity index (χ3n) is 6.11. The van der Waals surface area contributed by atoms with Crippen LogP contribution in [0.5, 0.6) is 0 Å². The lowest BCUT2D eigenvalue weighted by Crippen LogP contribution is -2.37.